The van der Waals surface area contributed by atoms with E-state index in [2.05, 4.69) is 26.6 Å². The normalized spacial score (nSPS) is 17.6. The van der Waals surface area contributed by atoms with Crippen molar-refractivity contribution >= 4 is 33.2 Å². The average Bonchev–Trinajstić information content (AvgIpc) is 2.62. The summed E-state index contributed by atoms with van der Waals surface area (Å²) >= 11 is 3.31. The molecule has 0 aromatic heterocycles. The quantitative estimate of drug-likeness (QED) is 0.862. The molecule has 2 aromatic carbocycles. The summed E-state index contributed by atoms with van der Waals surface area (Å²) in [5.41, 5.74) is 2.26. The highest BCUT2D eigenvalue weighted by Crippen LogP contribution is 2.28. The van der Waals surface area contributed by atoms with Gasteiger partial charge in [0.15, 0.2) is 0 Å². The van der Waals surface area contributed by atoms with Crippen molar-refractivity contribution in [2.75, 3.05) is 10.6 Å². The maximum atomic E-state index is 13.9. The third-order valence-electron chi connectivity index (χ3n) is 3.58. The smallest absolute Gasteiger partial charge is 0.246 e. The summed E-state index contributed by atoms with van der Waals surface area (Å²) in [6, 6.07) is 12.0. The molecule has 1 amide bonds. The minimum Gasteiger partial charge on any atom is -0.370 e. The molecule has 1 aliphatic heterocycles. The molecule has 0 fully saturated rings. The Morgan fingerprint density at radius 1 is 1.19 bits per heavy atom. The summed E-state index contributed by atoms with van der Waals surface area (Å²) in [5, 5.41) is 5.90. The molecule has 1 aliphatic rings. The molecule has 0 saturated carbocycles. The van der Waals surface area contributed by atoms with Gasteiger partial charge in [-0.3, -0.25) is 4.79 Å². The molecule has 0 bridgehead atoms. The number of aryl methyl sites for hydroxylation is 1. The third-order valence-corrected chi connectivity index (χ3v) is 4.24. The van der Waals surface area contributed by atoms with Crippen molar-refractivity contribution in [3.05, 3.63) is 58.3 Å². The monoisotopic (exact) mass is 348 g/mol. The number of nitrogens with one attached hydrogen (secondary N) is 2. The Bertz CT molecular complexity index is 669. The Morgan fingerprint density at radius 3 is 2.81 bits per heavy atom. The second-order valence-electron chi connectivity index (χ2n) is 4.98. The van der Waals surface area contributed by atoms with E-state index in [0.29, 0.717) is 16.6 Å². The Morgan fingerprint density at radius 2 is 2.00 bits per heavy atom. The molecule has 3 rings (SSSR count). The average molecular weight is 349 g/mol. The lowest BCUT2D eigenvalue weighted by Crippen LogP contribution is -2.34. The van der Waals surface area contributed by atoms with E-state index in [9.17, 15) is 9.18 Å². The predicted molar refractivity (Wildman–Crippen MR) is 84.9 cm³/mol. The molecule has 0 radical (unpaired) electrons. The van der Waals surface area contributed by atoms with Gasteiger partial charge in [-0.05, 0) is 52.5 Å². The first-order chi connectivity index (χ1) is 10.1. The summed E-state index contributed by atoms with van der Waals surface area (Å²) < 4.78 is 14.5. The van der Waals surface area contributed by atoms with Gasteiger partial charge in [0.1, 0.15) is 11.9 Å². The first-order valence-corrected chi connectivity index (χ1v) is 7.54. The van der Waals surface area contributed by atoms with Crippen LogP contribution in [-0.4, -0.2) is 11.9 Å². The predicted octanol–water partition coefficient (Wildman–Crippen LogP) is 3.95. The zero-order valence-electron chi connectivity index (χ0n) is 11.2. The Labute approximate surface area is 130 Å². The van der Waals surface area contributed by atoms with Crippen molar-refractivity contribution in [2.45, 2.75) is 18.9 Å². The lowest BCUT2D eigenvalue weighted by Gasteiger charge is -2.18. The van der Waals surface area contributed by atoms with Crippen LogP contribution in [0.2, 0.25) is 0 Å². The van der Waals surface area contributed by atoms with Crippen LogP contribution in [0.5, 0.6) is 0 Å². The molecule has 1 atom stereocenters. The van der Waals surface area contributed by atoms with Gasteiger partial charge < -0.3 is 10.6 Å². The minimum absolute atomic E-state index is 0.143. The molecule has 5 heteroatoms. The van der Waals surface area contributed by atoms with Gasteiger partial charge in [-0.25, -0.2) is 4.39 Å². The number of hydrogen-bond acceptors (Lipinski definition) is 2. The number of fused-ring (bicyclic) bond motifs is 1. The van der Waals surface area contributed by atoms with Gasteiger partial charge in [-0.2, -0.15) is 0 Å². The molecule has 3 nitrogen and oxygen atoms in total. The van der Waals surface area contributed by atoms with Crippen LogP contribution in [0.4, 0.5) is 15.8 Å². The Hall–Kier alpha value is -1.88. The van der Waals surface area contributed by atoms with Crippen molar-refractivity contribution in [3.63, 3.8) is 0 Å². The standard InChI is InChI=1S/C16H14BrFN2O/c17-11-5-3-6-12(18)15(11)19-14-9-8-10-4-1-2-7-13(10)20-16(14)21/h1-7,14,19H,8-9H2,(H,20,21). The molecular weight excluding hydrogens is 335 g/mol. The van der Waals surface area contributed by atoms with E-state index >= 15 is 0 Å². The van der Waals surface area contributed by atoms with Crippen molar-refractivity contribution in [3.8, 4) is 0 Å². The highest BCUT2D eigenvalue weighted by Gasteiger charge is 2.24. The summed E-state index contributed by atoms with van der Waals surface area (Å²) in [6.45, 7) is 0. The van der Waals surface area contributed by atoms with Gasteiger partial charge in [0.25, 0.3) is 0 Å². The van der Waals surface area contributed by atoms with Crippen molar-refractivity contribution in [2.24, 2.45) is 0 Å². The number of carbonyl (C=O) groups excluding carboxylic acids is 1. The Kier molecular flexibility index (Phi) is 3.92. The van der Waals surface area contributed by atoms with Crippen LogP contribution in [0.1, 0.15) is 12.0 Å². The maximum Gasteiger partial charge on any atom is 0.246 e. The summed E-state index contributed by atoms with van der Waals surface area (Å²) in [5.74, 6) is -0.519. The van der Waals surface area contributed by atoms with E-state index in [1.165, 1.54) is 6.07 Å². The maximum absolute atomic E-state index is 13.9. The van der Waals surface area contributed by atoms with Gasteiger partial charge in [-0.15, -0.1) is 0 Å². The number of amides is 1. The van der Waals surface area contributed by atoms with Crippen molar-refractivity contribution in [1.82, 2.24) is 0 Å². The molecule has 2 aromatic rings. The van der Waals surface area contributed by atoms with Crippen LogP contribution >= 0.6 is 15.9 Å². The van der Waals surface area contributed by atoms with Gasteiger partial charge in [0, 0.05) is 10.2 Å². The first kappa shape index (κ1) is 14.1. The van der Waals surface area contributed by atoms with E-state index < -0.39 is 6.04 Å². The lowest BCUT2D eigenvalue weighted by molar-refractivity contribution is -0.116. The van der Waals surface area contributed by atoms with Gasteiger partial charge in [-0.1, -0.05) is 24.3 Å². The van der Waals surface area contributed by atoms with Crippen LogP contribution in [0, 0.1) is 5.82 Å². The second-order valence-corrected chi connectivity index (χ2v) is 5.83. The summed E-state index contributed by atoms with van der Waals surface area (Å²) in [4.78, 5) is 12.3. The number of carbonyl (C=O) groups is 1. The van der Waals surface area contributed by atoms with E-state index in [4.69, 9.17) is 0 Å². The number of anilines is 2. The number of benzene rings is 2. The first-order valence-electron chi connectivity index (χ1n) is 6.74. The summed E-state index contributed by atoms with van der Waals surface area (Å²) in [6.07, 6.45) is 1.38. The topological polar surface area (TPSA) is 41.1 Å². The third kappa shape index (κ3) is 2.93. The minimum atomic E-state index is -0.467. The SMILES string of the molecule is O=C1Nc2ccccc2CCC1Nc1c(F)cccc1Br. The van der Waals surface area contributed by atoms with Crippen LogP contribution in [-0.2, 0) is 11.2 Å². The molecule has 0 aliphatic carbocycles. The molecule has 0 spiro atoms. The molecule has 0 saturated heterocycles. The van der Waals surface area contributed by atoms with Crippen LogP contribution in [0.15, 0.2) is 46.9 Å². The fourth-order valence-electron chi connectivity index (χ4n) is 2.46. The zero-order chi connectivity index (χ0) is 14.8. The van der Waals surface area contributed by atoms with Crippen LogP contribution in [0.25, 0.3) is 0 Å². The van der Waals surface area contributed by atoms with Crippen LogP contribution in [0.3, 0.4) is 0 Å². The Balaban J connectivity index is 1.83. The fourth-order valence-corrected chi connectivity index (χ4v) is 2.92. The molecule has 1 heterocycles. The van der Waals surface area contributed by atoms with Gasteiger partial charge in [0.05, 0.1) is 5.69 Å². The van der Waals surface area contributed by atoms with E-state index in [1.54, 1.807) is 12.1 Å². The highest BCUT2D eigenvalue weighted by atomic mass is 79.9. The molecule has 108 valence electrons. The molecule has 1 unspecified atom stereocenters. The largest absolute Gasteiger partial charge is 0.370 e. The number of hydrogen-bond donors (Lipinski definition) is 2. The summed E-state index contributed by atoms with van der Waals surface area (Å²) in [7, 11) is 0. The van der Waals surface area contributed by atoms with Crippen LogP contribution < -0.4 is 10.6 Å². The second kappa shape index (κ2) is 5.85. The zero-order valence-corrected chi connectivity index (χ0v) is 12.8. The van der Waals surface area contributed by atoms with Gasteiger partial charge in [0.2, 0.25) is 5.91 Å². The fraction of sp³-hybridized carbons (Fsp3) is 0.188. The van der Waals surface area contributed by atoms with Crippen molar-refractivity contribution < 1.29 is 9.18 Å². The lowest BCUT2D eigenvalue weighted by atomic mass is 10.1. The van der Waals surface area contributed by atoms with E-state index in [-0.39, 0.29) is 11.7 Å². The van der Waals surface area contributed by atoms with Crippen molar-refractivity contribution in [1.29, 1.82) is 0 Å². The number of halogens is 2. The highest BCUT2D eigenvalue weighted by molar-refractivity contribution is 9.10. The number of rotatable bonds is 2. The van der Waals surface area contributed by atoms with Gasteiger partial charge >= 0.3 is 0 Å². The molecule has 21 heavy (non-hydrogen) atoms. The number of para-hydroxylation sites is 2. The molecule has 2 N–H and O–H groups in total. The van der Waals surface area contributed by atoms with E-state index in [0.717, 1.165) is 17.7 Å². The van der Waals surface area contributed by atoms with E-state index in [1.807, 2.05) is 24.3 Å². The molecular formula is C16H14BrFN2O.